The smallest absolute Gasteiger partial charge is 0.130 e. The largest absolute Gasteiger partial charge is 0.358 e. The van der Waals surface area contributed by atoms with Crippen molar-refractivity contribution in [3.8, 4) is 11.3 Å². The molecule has 0 saturated heterocycles. The van der Waals surface area contributed by atoms with Crippen molar-refractivity contribution in [2.75, 3.05) is 0 Å². The van der Waals surface area contributed by atoms with Crippen molar-refractivity contribution in [1.82, 2.24) is 15.0 Å². The Balaban J connectivity index is 2.13. The molecule has 0 fully saturated rings. The number of aromatic nitrogens is 3. The van der Waals surface area contributed by atoms with Crippen LogP contribution in [0, 0.1) is 6.92 Å². The van der Waals surface area contributed by atoms with Crippen LogP contribution in [0.5, 0.6) is 0 Å². The first-order chi connectivity index (χ1) is 9.65. The van der Waals surface area contributed by atoms with Gasteiger partial charge in [-0.1, -0.05) is 18.2 Å². The van der Waals surface area contributed by atoms with E-state index < -0.39 is 0 Å². The Morgan fingerprint density at radius 1 is 1.25 bits per heavy atom. The number of benzene rings is 1. The molecule has 3 aromatic rings. The molecule has 3 N–H and O–H groups in total. The molecule has 2 aromatic heterocycles. The van der Waals surface area contributed by atoms with Gasteiger partial charge < -0.3 is 10.7 Å². The summed E-state index contributed by atoms with van der Waals surface area (Å²) in [5, 5.41) is 1.19. The third-order valence-electron chi connectivity index (χ3n) is 3.36. The van der Waals surface area contributed by atoms with Gasteiger partial charge in [0.05, 0.1) is 5.69 Å². The number of rotatable bonds is 3. The zero-order valence-corrected chi connectivity index (χ0v) is 11.7. The first-order valence-corrected chi connectivity index (χ1v) is 6.80. The Bertz CT molecular complexity index is 743. The summed E-state index contributed by atoms with van der Waals surface area (Å²) in [6.45, 7) is 4.04. The van der Waals surface area contributed by atoms with Gasteiger partial charge in [-0.3, -0.25) is 0 Å². The van der Waals surface area contributed by atoms with Crippen molar-refractivity contribution in [3.05, 3.63) is 48.0 Å². The minimum Gasteiger partial charge on any atom is -0.358 e. The molecule has 4 nitrogen and oxygen atoms in total. The number of fused-ring (bicyclic) bond motifs is 1. The molecule has 1 aromatic carbocycles. The summed E-state index contributed by atoms with van der Waals surface area (Å²) in [6, 6.07) is 10.3. The molecule has 1 atom stereocenters. The van der Waals surface area contributed by atoms with Gasteiger partial charge in [0.15, 0.2) is 0 Å². The molecule has 0 aliphatic rings. The van der Waals surface area contributed by atoms with Gasteiger partial charge >= 0.3 is 0 Å². The van der Waals surface area contributed by atoms with Crippen molar-refractivity contribution in [2.45, 2.75) is 26.3 Å². The molecule has 2 heterocycles. The number of hydrogen-bond donors (Lipinski definition) is 2. The van der Waals surface area contributed by atoms with Crippen LogP contribution in [0.3, 0.4) is 0 Å². The van der Waals surface area contributed by atoms with Crippen LogP contribution in [-0.2, 0) is 6.42 Å². The summed E-state index contributed by atoms with van der Waals surface area (Å²) in [7, 11) is 0. The predicted octanol–water partition coefficient (Wildman–Crippen LogP) is 2.82. The van der Waals surface area contributed by atoms with Crippen LogP contribution in [0.15, 0.2) is 36.5 Å². The van der Waals surface area contributed by atoms with E-state index in [2.05, 4.69) is 34.0 Å². The van der Waals surface area contributed by atoms with Gasteiger partial charge in [0, 0.05) is 40.8 Å². The van der Waals surface area contributed by atoms with E-state index in [4.69, 9.17) is 5.73 Å². The lowest BCUT2D eigenvalue weighted by Crippen LogP contribution is -2.19. The van der Waals surface area contributed by atoms with Crippen molar-refractivity contribution < 1.29 is 0 Å². The van der Waals surface area contributed by atoms with E-state index in [1.54, 1.807) is 6.20 Å². The van der Waals surface area contributed by atoms with Gasteiger partial charge in [-0.2, -0.15) is 0 Å². The number of aryl methyl sites for hydroxylation is 1. The molecule has 0 aliphatic carbocycles. The lowest BCUT2D eigenvalue weighted by molar-refractivity contribution is 0.702. The molecule has 0 spiro atoms. The molecule has 20 heavy (non-hydrogen) atoms. The number of para-hydroxylation sites is 1. The van der Waals surface area contributed by atoms with Crippen LogP contribution in [0.25, 0.3) is 22.2 Å². The van der Waals surface area contributed by atoms with E-state index in [0.29, 0.717) is 6.42 Å². The number of hydrogen-bond acceptors (Lipinski definition) is 3. The first-order valence-electron chi connectivity index (χ1n) is 6.80. The number of H-pyrrole nitrogens is 1. The molecular formula is C16H18N4. The van der Waals surface area contributed by atoms with Crippen LogP contribution in [0.2, 0.25) is 0 Å². The number of nitrogens with two attached hydrogens (primary N) is 1. The second-order valence-corrected chi connectivity index (χ2v) is 5.21. The Morgan fingerprint density at radius 3 is 2.85 bits per heavy atom. The highest BCUT2D eigenvalue weighted by molar-refractivity contribution is 5.96. The summed E-state index contributed by atoms with van der Waals surface area (Å²) < 4.78 is 0. The molecule has 102 valence electrons. The van der Waals surface area contributed by atoms with Gasteiger partial charge in [-0.15, -0.1) is 0 Å². The van der Waals surface area contributed by atoms with Crippen LogP contribution in [0.4, 0.5) is 0 Å². The maximum atomic E-state index is 5.83. The van der Waals surface area contributed by atoms with Crippen LogP contribution in [-0.4, -0.2) is 21.0 Å². The Hall–Kier alpha value is -2.20. The lowest BCUT2D eigenvalue weighted by Gasteiger charge is -2.06. The van der Waals surface area contributed by atoms with Crippen LogP contribution < -0.4 is 5.73 Å². The van der Waals surface area contributed by atoms with Gasteiger partial charge in [-0.05, 0) is 26.0 Å². The zero-order chi connectivity index (χ0) is 14.1. The fourth-order valence-corrected chi connectivity index (χ4v) is 2.53. The van der Waals surface area contributed by atoms with E-state index in [0.717, 1.165) is 28.3 Å². The third-order valence-corrected chi connectivity index (χ3v) is 3.36. The lowest BCUT2D eigenvalue weighted by atomic mass is 10.1. The van der Waals surface area contributed by atoms with Crippen molar-refractivity contribution >= 4 is 10.9 Å². The van der Waals surface area contributed by atoms with Crippen LogP contribution >= 0.6 is 0 Å². The summed E-state index contributed by atoms with van der Waals surface area (Å²) in [6.07, 6.45) is 2.50. The molecule has 0 radical (unpaired) electrons. The molecule has 0 amide bonds. The monoisotopic (exact) mass is 266 g/mol. The normalized spacial score (nSPS) is 12.8. The molecular weight excluding hydrogens is 248 g/mol. The highest BCUT2D eigenvalue weighted by Gasteiger charge is 2.12. The highest BCUT2D eigenvalue weighted by Crippen LogP contribution is 2.30. The SMILES string of the molecule is Cc1[nH]c2ccccc2c1-c1ccnc(CC(C)N)n1. The van der Waals surface area contributed by atoms with Crippen molar-refractivity contribution in [1.29, 1.82) is 0 Å². The highest BCUT2D eigenvalue weighted by atomic mass is 14.9. The van der Waals surface area contributed by atoms with E-state index in [-0.39, 0.29) is 6.04 Å². The molecule has 4 heteroatoms. The van der Waals surface area contributed by atoms with Crippen molar-refractivity contribution in [3.63, 3.8) is 0 Å². The van der Waals surface area contributed by atoms with Crippen molar-refractivity contribution in [2.24, 2.45) is 5.73 Å². The molecule has 1 unspecified atom stereocenters. The summed E-state index contributed by atoms with van der Waals surface area (Å²) in [5.41, 5.74) is 10.2. The van der Waals surface area contributed by atoms with Gasteiger partial charge in [-0.25, -0.2) is 9.97 Å². The second kappa shape index (κ2) is 5.06. The summed E-state index contributed by atoms with van der Waals surface area (Å²) in [4.78, 5) is 12.4. The first kappa shape index (κ1) is 12.8. The Morgan fingerprint density at radius 2 is 2.05 bits per heavy atom. The maximum absolute atomic E-state index is 5.83. The minimum absolute atomic E-state index is 0.0642. The molecule has 0 bridgehead atoms. The number of nitrogens with one attached hydrogen (secondary N) is 1. The minimum atomic E-state index is 0.0642. The molecule has 0 aliphatic heterocycles. The van der Waals surface area contributed by atoms with Gasteiger partial charge in [0.25, 0.3) is 0 Å². The average Bonchev–Trinajstić information content (AvgIpc) is 2.74. The van der Waals surface area contributed by atoms with E-state index in [1.165, 1.54) is 5.39 Å². The topological polar surface area (TPSA) is 67.6 Å². The van der Waals surface area contributed by atoms with E-state index in [9.17, 15) is 0 Å². The Labute approximate surface area is 118 Å². The molecule has 3 rings (SSSR count). The summed E-state index contributed by atoms with van der Waals surface area (Å²) in [5.74, 6) is 0.794. The second-order valence-electron chi connectivity index (χ2n) is 5.21. The van der Waals surface area contributed by atoms with E-state index in [1.807, 2.05) is 25.1 Å². The Kier molecular flexibility index (Phi) is 3.24. The number of aromatic amines is 1. The van der Waals surface area contributed by atoms with Gasteiger partial charge in [0.1, 0.15) is 5.82 Å². The average molecular weight is 266 g/mol. The van der Waals surface area contributed by atoms with Crippen LogP contribution in [0.1, 0.15) is 18.4 Å². The zero-order valence-electron chi connectivity index (χ0n) is 11.7. The fraction of sp³-hybridized carbons (Fsp3) is 0.250. The fourth-order valence-electron chi connectivity index (χ4n) is 2.53. The quantitative estimate of drug-likeness (QED) is 0.766. The van der Waals surface area contributed by atoms with E-state index >= 15 is 0 Å². The molecule has 0 saturated carbocycles. The summed E-state index contributed by atoms with van der Waals surface area (Å²) >= 11 is 0. The maximum Gasteiger partial charge on any atom is 0.130 e. The third kappa shape index (κ3) is 2.30. The van der Waals surface area contributed by atoms with Gasteiger partial charge in [0.2, 0.25) is 0 Å². The standard InChI is InChI=1S/C16H18N4/c1-10(17)9-15-18-8-7-14(20-15)16-11(2)19-13-6-4-3-5-12(13)16/h3-8,10,19H,9,17H2,1-2H3. The predicted molar refractivity (Wildman–Crippen MR) is 81.4 cm³/mol. The number of nitrogens with zero attached hydrogens (tertiary/aromatic N) is 2.